The van der Waals surface area contributed by atoms with Crippen molar-refractivity contribution in [2.75, 3.05) is 7.11 Å². The molecule has 0 spiro atoms. The second-order valence-corrected chi connectivity index (χ2v) is 13.6. The molecule has 0 bridgehead atoms. The van der Waals surface area contributed by atoms with E-state index in [2.05, 4.69) is 19.6 Å². The van der Waals surface area contributed by atoms with Crippen molar-refractivity contribution in [2.45, 2.75) is 25.7 Å². The Bertz CT molecular complexity index is 1390. The minimum atomic E-state index is -2.15. The van der Waals surface area contributed by atoms with Gasteiger partial charge in [0.25, 0.3) is 0 Å². The number of ether oxygens (including phenoxy) is 1. The minimum Gasteiger partial charge on any atom is -0.466 e. The molecule has 0 aliphatic rings. The Hall–Kier alpha value is -3.54. The number of carbonyl (C=O) groups excluding carboxylic acids is 2. The average Bonchev–Trinajstić information content (AvgIpc) is 2.84. The van der Waals surface area contributed by atoms with Crippen molar-refractivity contribution >= 4 is 41.6 Å². The van der Waals surface area contributed by atoms with Gasteiger partial charge >= 0.3 is 5.97 Å². The van der Waals surface area contributed by atoms with Gasteiger partial charge in [0.15, 0.2) is 14.1 Å². The molecule has 0 aliphatic carbocycles. The highest BCUT2D eigenvalue weighted by Crippen LogP contribution is 2.35. The van der Waals surface area contributed by atoms with E-state index < -0.39 is 20.4 Å². The lowest BCUT2D eigenvalue weighted by Crippen LogP contribution is -2.31. The molecule has 0 heterocycles. The highest BCUT2D eigenvalue weighted by atomic mass is 28.4. The minimum absolute atomic E-state index is 0.194. The molecule has 0 amide bonds. The fourth-order valence-corrected chi connectivity index (χ4v) is 5.11. The third-order valence-corrected chi connectivity index (χ3v) is 6.57. The Morgan fingerprint density at radius 2 is 1.32 bits per heavy atom. The Labute approximate surface area is 201 Å². The summed E-state index contributed by atoms with van der Waals surface area (Å²) < 4.78 is 11.7. The third kappa shape index (κ3) is 5.01. The molecule has 1 atom stereocenters. The van der Waals surface area contributed by atoms with E-state index in [1.807, 2.05) is 78.9 Å². The summed E-state index contributed by atoms with van der Waals surface area (Å²) >= 11 is 0. The van der Waals surface area contributed by atoms with E-state index >= 15 is 0 Å². The number of methoxy groups -OCH3 is 1. The molecule has 0 aliphatic heterocycles. The summed E-state index contributed by atoms with van der Waals surface area (Å²) in [6, 6.07) is 27.2. The summed E-state index contributed by atoms with van der Waals surface area (Å²) in [6.45, 7) is 6.19. The summed E-state index contributed by atoms with van der Waals surface area (Å²) in [6.07, 6.45) is 0.657. The van der Waals surface area contributed by atoms with E-state index in [-0.39, 0.29) is 11.4 Å². The fourth-order valence-electron chi connectivity index (χ4n) is 4.15. The van der Waals surface area contributed by atoms with Gasteiger partial charge < -0.3 is 9.16 Å². The van der Waals surface area contributed by atoms with Crippen LogP contribution in [0.15, 0.2) is 96.6 Å². The summed E-state index contributed by atoms with van der Waals surface area (Å²) in [5.74, 6) is -0.841. The van der Waals surface area contributed by atoms with Crippen LogP contribution in [0.25, 0.3) is 21.5 Å². The van der Waals surface area contributed by atoms with Crippen LogP contribution in [-0.4, -0.2) is 27.2 Å². The fraction of sp³-hybridized carbons (Fsp3) is 0.172. The van der Waals surface area contributed by atoms with Gasteiger partial charge in [0, 0.05) is 5.56 Å². The highest BCUT2D eigenvalue weighted by molar-refractivity contribution is 6.69. The Morgan fingerprint density at radius 1 is 0.765 bits per heavy atom. The van der Waals surface area contributed by atoms with E-state index in [1.165, 1.54) is 13.2 Å². The Morgan fingerprint density at radius 3 is 1.97 bits per heavy atom. The first-order chi connectivity index (χ1) is 16.3. The van der Waals surface area contributed by atoms with Crippen LogP contribution in [0.5, 0.6) is 0 Å². The number of rotatable bonds is 7. The quantitative estimate of drug-likeness (QED) is 0.129. The standard InChI is InChI=1S/C29H28O4Si/c1-32-29(31)26(19-27(30)24-17-9-13-20-11-5-7-15-22(20)24)28(33-34(2,3)4)25-18-10-14-21-12-6-8-16-23(21)25/h5-19,28H,1-4H3/b26-19-. The molecule has 0 N–H and O–H groups in total. The van der Waals surface area contributed by atoms with E-state index in [4.69, 9.17) is 9.16 Å². The molecule has 1 unspecified atom stereocenters. The predicted molar refractivity (Wildman–Crippen MR) is 139 cm³/mol. The maximum absolute atomic E-state index is 13.5. The highest BCUT2D eigenvalue weighted by Gasteiger charge is 2.31. The Balaban J connectivity index is 1.90. The maximum Gasteiger partial charge on any atom is 0.336 e. The van der Waals surface area contributed by atoms with Crippen molar-refractivity contribution < 1.29 is 18.8 Å². The summed E-state index contributed by atoms with van der Waals surface area (Å²) in [7, 11) is -0.819. The second-order valence-electron chi connectivity index (χ2n) is 9.16. The third-order valence-electron chi connectivity index (χ3n) is 5.62. The number of hydrogen-bond donors (Lipinski definition) is 0. The first-order valence-electron chi connectivity index (χ1n) is 11.3. The Kier molecular flexibility index (Phi) is 6.77. The topological polar surface area (TPSA) is 52.6 Å². The van der Waals surface area contributed by atoms with Crippen molar-refractivity contribution in [1.82, 2.24) is 0 Å². The molecule has 4 aromatic carbocycles. The second kappa shape index (κ2) is 9.75. The van der Waals surface area contributed by atoms with Gasteiger partial charge in [-0.15, -0.1) is 0 Å². The first-order valence-corrected chi connectivity index (χ1v) is 14.7. The molecule has 172 valence electrons. The van der Waals surface area contributed by atoms with Crippen LogP contribution in [0, 0.1) is 0 Å². The average molecular weight is 469 g/mol. The number of benzene rings is 4. The summed E-state index contributed by atoms with van der Waals surface area (Å²) in [5.41, 5.74) is 1.56. The van der Waals surface area contributed by atoms with Crippen LogP contribution in [0.3, 0.4) is 0 Å². The zero-order valence-corrected chi connectivity index (χ0v) is 20.9. The molecule has 4 nitrogen and oxygen atoms in total. The van der Waals surface area contributed by atoms with Crippen molar-refractivity contribution in [2.24, 2.45) is 0 Å². The van der Waals surface area contributed by atoms with Crippen LogP contribution in [0.1, 0.15) is 22.0 Å². The van der Waals surface area contributed by atoms with Gasteiger partial charge in [-0.25, -0.2) is 4.79 Å². The van der Waals surface area contributed by atoms with E-state index in [0.29, 0.717) is 5.56 Å². The normalized spacial score (nSPS) is 13.1. The van der Waals surface area contributed by atoms with Crippen LogP contribution in [0.2, 0.25) is 19.6 Å². The lowest BCUT2D eigenvalue weighted by molar-refractivity contribution is -0.137. The number of esters is 1. The lowest BCUT2D eigenvalue weighted by Gasteiger charge is -2.28. The number of fused-ring (bicyclic) bond motifs is 2. The number of allylic oxidation sites excluding steroid dienone is 1. The number of ketones is 1. The van der Waals surface area contributed by atoms with Gasteiger partial charge in [-0.3, -0.25) is 4.79 Å². The predicted octanol–water partition coefficient (Wildman–Crippen LogP) is 6.87. The van der Waals surface area contributed by atoms with Crippen molar-refractivity contribution in [3.63, 3.8) is 0 Å². The van der Waals surface area contributed by atoms with Gasteiger partial charge in [-0.2, -0.15) is 0 Å². The molecule has 0 saturated heterocycles. The van der Waals surface area contributed by atoms with Gasteiger partial charge in [-0.1, -0.05) is 84.9 Å². The number of carbonyl (C=O) groups is 2. The van der Waals surface area contributed by atoms with E-state index in [1.54, 1.807) is 6.07 Å². The molecule has 0 fully saturated rings. The molecule has 5 heteroatoms. The molecular weight excluding hydrogens is 440 g/mol. The smallest absolute Gasteiger partial charge is 0.336 e. The number of hydrogen-bond acceptors (Lipinski definition) is 4. The molecule has 34 heavy (non-hydrogen) atoms. The van der Waals surface area contributed by atoms with Crippen LogP contribution in [-0.2, 0) is 14.0 Å². The summed E-state index contributed by atoms with van der Waals surface area (Å²) in [4.78, 5) is 26.6. The van der Waals surface area contributed by atoms with Crippen molar-refractivity contribution in [3.8, 4) is 0 Å². The molecular formula is C29H28O4Si. The monoisotopic (exact) mass is 468 g/mol. The maximum atomic E-state index is 13.5. The van der Waals surface area contributed by atoms with Crippen LogP contribution < -0.4 is 0 Å². The molecule has 0 aromatic heterocycles. The van der Waals surface area contributed by atoms with Gasteiger partial charge in [0.1, 0.15) is 6.10 Å². The van der Waals surface area contributed by atoms with E-state index in [0.717, 1.165) is 27.1 Å². The van der Waals surface area contributed by atoms with Crippen LogP contribution >= 0.6 is 0 Å². The first kappa shape index (κ1) is 23.6. The zero-order valence-electron chi connectivity index (χ0n) is 19.9. The van der Waals surface area contributed by atoms with Gasteiger partial charge in [-0.05, 0) is 52.8 Å². The molecule has 4 rings (SSSR count). The van der Waals surface area contributed by atoms with Crippen molar-refractivity contribution in [1.29, 1.82) is 0 Å². The van der Waals surface area contributed by atoms with Gasteiger partial charge in [0.2, 0.25) is 0 Å². The van der Waals surface area contributed by atoms with Crippen molar-refractivity contribution in [3.05, 3.63) is 108 Å². The molecule has 4 aromatic rings. The lowest BCUT2D eigenvalue weighted by atomic mass is 9.93. The summed E-state index contributed by atoms with van der Waals surface area (Å²) in [5, 5.41) is 3.81. The molecule has 0 radical (unpaired) electrons. The largest absolute Gasteiger partial charge is 0.466 e. The van der Waals surface area contributed by atoms with E-state index in [9.17, 15) is 9.59 Å². The SMILES string of the molecule is COC(=O)/C(=C\C(=O)c1cccc2ccccc12)C(O[Si](C)(C)C)c1cccc2ccccc12. The van der Waals surface area contributed by atoms with Gasteiger partial charge in [0.05, 0.1) is 12.7 Å². The zero-order chi connectivity index (χ0) is 24.3. The molecule has 0 saturated carbocycles. The van der Waals surface area contributed by atoms with Crippen LogP contribution in [0.4, 0.5) is 0 Å².